The van der Waals surface area contributed by atoms with Gasteiger partial charge in [-0.3, -0.25) is 0 Å². The third kappa shape index (κ3) is 5.84. The summed E-state index contributed by atoms with van der Waals surface area (Å²) < 4.78 is 109. The number of hydrogen-bond donors (Lipinski definition) is 1. The summed E-state index contributed by atoms with van der Waals surface area (Å²) >= 11 is 1.84. The van der Waals surface area contributed by atoms with Gasteiger partial charge < -0.3 is 4.13 Å². The number of alkyl halides is 6. The summed E-state index contributed by atoms with van der Waals surface area (Å²) in [7, 11) is -13.4. The first-order valence-corrected chi connectivity index (χ1v) is 8.17. The van der Waals surface area contributed by atoms with Gasteiger partial charge >= 0.3 is 11.0 Å². The van der Waals surface area contributed by atoms with Crippen molar-refractivity contribution < 1.29 is 48.2 Å². The van der Waals surface area contributed by atoms with Gasteiger partial charge in [-0.1, -0.05) is 11.8 Å². The van der Waals surface area contributed by atoms with Crippen molar-refractivity contribution in [3.63, 3.8) is 0 Å². The summed E-state index contributed by atoms with van der Waals surface area (Å²) in [5.41, 5.74) is -10.4. The Kier molecular flexibility index (Phi) is 6.31. The zero-order chi connectivity index (χ0) is 16.2. The Morgan fingerprint density at radius 2 is 1.35 bits per heavy atom. The molecule has 0 radical (unpaired) electrons. The van der Waals surface area contributed by atoms with Crippen molar-refractivity contribution in [2.75, 3.05) is 12.3 Å². The molecule has 0 aromatic heterocycles. The van der Waals surface area contributed by atoms with E-state index in [0.29, 0.717) is 0 Å². The molecule has 0 atom stereocenters. The minimum atomic E-state index is -6.72. The van der Waals surface area contributed by atoms with E-state index in [-0.39, 0.29) is 0 Å². The van der Waals surface area contributed by atoms with Crippen LogP contribution in [0.4, 0.5) is 26.3 Å². The van der Waals surface area contributed by atoms with Crippen molar-refractivity contribution in [2.45, 2.75) is 11.0 Å². The van der Waals surface area contributed by atoms with E-state index < -0.39 is 31.1 Å². The van der Waals surface area contributed by atoms with Gasteiger partial charge in [0.05, 0.1) is 5.75 Å². The first-order valence-electron chi connectivity index (χ1n) is 4.24. The normalized spacial score (nSPS) is 16.7. The number of hydrogen-bond acceptors (Lipinski definition) is 5. The lowest BCUT2D eigenvalue weighted by molar-refractivity contribution is -0.439. The van der Waals surface area contributed by atoms with Crippen molar-refractivity contribution in [1.82, 2.24) is 0 Å². The van der Waals surface area contributed by atoms with Crippen LogP contribution in [0.5, 0.6) is 0 Å². The van der Waals surface area contributed by atoms with Crippen LogP contribution >= 0.6 is 11.8 Å². The summed E-state index contributed by atoms with van der Waals surface area (Å²) in [5, 5.41) is 0. The zero-order valence-electron chi connectivity index (χ0n) is 9.06. The molecule has 20 heavy (non-hydrogen) atoms. The predicted octanol–water partition coefficient (Wildman–Crippen LogP) is -0.0986. The molecule has 15 heteroatoms. The van der Waals surface area contributed by atoms with Crippen LogP contribution in [0.3, 0.4) is 0 Å². The van der Waals surface area contributed by atoms with Crippen LogP contribution in [0.15, 0.2) is 0 Å². The molecule has 0 saturated carbocycles. The fourth-order valence-corrected chi connectivity index (χ4v) is 2.81. The molecule has 0 fully saturated rings. The highest BCUT2D eigenvalue weighted by Crippen LogP contribution is 2.36. The quantitative estimate of drug-likeness (QED) is 0.687. The van der Waals surface area contributed by atoms with Gasteiger partial charge in [-0.25, -0.2) is 21.8 Å². The van der Waals surface area contributed by atoms with Crippen molar-refractivity contribution >= 4 is 37.4 Å². The second kappa shape index (κ2) is 6.48. The van der Waals surface area contributed by atoms with E-state index in [1.165, 1.54) is 5.75 Å². The Bertz CT molecular complexity index is 500. The topological polar surface area (TPSA) is 96.3 Å². The third-order valence-electron chi connectivity index (χ3n) is 1.31. The van der Waals surface area contributed by atoms with Crippen LogP contribution in [-0.4, -0.2) is 45.7 Å². The number of rotatable bonds is 2. The molecule has 0 aromatic carbocycles. The molecule has 0 amide bonds. The van der Waals surface area contributed by atoms with Gasteiger partial charge in [-0.15, -0.1) is 0 Å². The average Bonchev–Trinajstić information content (AvgIpc) is 2.68. The summed E-state index contributed by atoms with van der Waals surface area (Å²) in [5.74, 6) is 1.25. The lowest BCUT2D eigenvalue weighted by atomic mass is 10.8. The van der Waals surface area contributed by atoms with Crippen molar-refractivity contribution in [2.24, 2.45) is 0 Å². The van der Waals surface area contributed by atoms with Crippen molar-refractivity contribution in [1.29, 1.82) is 0 Å². The molecule has 1 N–H and O–H groups in total. The van der Waals surface area contributed by atoms with Gasteiger partial charge in [0.1, 0.15) is 0 Å². The van der Waals surface area contributed by atoms with Crippen LogP contribution in [0.1, 0.15) is 0 Å². The van der Waals surface area contributed by atoms with E-state index in [4.69, 9.17) is 0 Å². The molecule has 1 aliphatic heterocycles. The molecule has 0 bridgehead atoms. The SMILES string of the molecule is C1=[NH+]CCS1.O=S(=O)([N-]S(=O)(=O)C(F)(F)F)C(F)(F)F. The molecule has 0 unspecified atom stereocenters. The Hall–Kier alpha value is -0.540. The van der Waals surface area contributed by atoms with E-state index in [2.05, 4.69) is 4.99 Å². The first-order chi connectivity index (χ1) is 8.71. The van der Waals surface area contributed by atoms with E-state index >= 15 is 0 Å². The summed E-state index contributed by atoms with van der Waals surface area (Å²) in [6.07, 6.45) is 0. The van der Waals surface area contributed by atoms with Crippen LogP contribution < -0.4 is 4.99 Å². The van der Waals surface area contributed by atoms with Gasteiger partial charge in [0.2, 0.25) is 0 Å². The maximum atomic E-state index is 11.4. The van der Waals surface area contributed by atoms with E-state index in [9.17, 15) is 43.2 Å². The standard InChI is InChI=1S/C3H5NS.C2F6NO4S2/c1-2-5-3-4-1;3-1(4,5)14(10,11)9-15(12,13)2(6,7)8/h3H,1-2H2;/q;-1/p+1. The maximum absolute atomic E-state index is 11.4. The Labute approximate surface area is 113 Å². The molecule has 6 nitrogen and oxygen atoms in total. The molecular weight excluding hydrogens is 362 g/mol. The third-order valence-corrected chi connectivity index (χ3v) is 4.83. The van der Waals surface area contributed by atoms with Crippen LogP contribution in [0.2, 0.25) is 0 Å². The lowest BCUT2D eigenvalue weighted by Gasteiger charge is -2.22. The van der Waals surface area contributed by atoms with Crippen molar-refractivity contribution in [3.05, 3.63) is 4.13 Å². The smallest absolute Gasteiger partial charge is 0.421 e. The number of sulfonamides is 2. The lowest BCUT2D eigenvalue weighted by Crippen LogP contribution is -2.65. The minimum Gasteiger partial charge on any atom is -0.421 e. The highest BCUT2D eigenvalue weighted by atomic mass is 32.3. The monoisotopic (exact) mass is 368 g/mol. The second-order valence-corrected chi connectivity index (χ2v) is 7.26. The van der Waals surface area contributed by atoms with E-state index in [1.807, 2.05) is 17.3 Å². The highest BCUT2D eigenvalue weighted by molar-refractivity contribution is 8.13. The van der Waals surface area contributed by atoms with Gasteiger partial charge in [-0.05, 0) is 0 Å². The predicted molar refractivity (Wildman–Crippen MR) is 57.7 cm³/mol. The number of nitrogens with zero attached hydrogens (tertiary/aromatic N) is 1. The van der Waals surface area contributed by atoms with Gasteiger partial charge in [0.15, 0.2) is 32.1 Å². The number of nitrogens with one attached hydrogen (secondary N) is 1. The Morgan fingerprint density at radius 1 is 0.950 bits per heavy atom. The van der Waals surface area contributed by atoms with Gasteiger partial charge in [-0.2, -0.15) is 26.3 Å². The number of halogens is 6. The Balaban J connectivity index is 0.000000595. The summed E-state index contributed by atoms with van der Waals surface area (Å²) in [6, 6.07) is 0. The minimum absolute atomic E-state index is 0.778. The maximum Gasteiger partial charge on any atom is 0.480 e. The molecule has 0 spiro atoms. The largest absolute Gasteiger partial charge is 0.480 e. The first kappa shape index (κ1) is 19.5. The molecule has 0 aliphatic carbocycles. The van der Waals surface area contributed by atoms with E-state index in [0.717, 1.165) is 10.7 Å². The molecule has 1 heterocycles. The molecule has 1 aliphatic rings. The fraction of sp³-hybridized carbons (Fsp3) is 0.800. The molecule has 0 saturated heterocycles. The van der Waals surface area contributed by atoms with Gasteiger partial charge in [0.25, 0.3) is 0 Å². The number of thioether (sulfide) groups is 1. The van der Waals surface area contributed by atoms with Crippen LogP contribution in [0.25, 0.3) is 4.13 Å². The average molecular weight is 368 g/mol. The summed E-state index contributed by atoms with van der Waals surface area (Å²) in [6.45, 7) is 1.16. The fourth-order valence-electron chi connectivity index (χ4n) is 0.508. The molecule has 1 rings (SSSR count). The van der Waals surface area contributed by atoms with Crippen LogP contribution in [0, 0.1) is 0 Å². The Morgan fingerprint density at radius 3 is 1.50 bits per heavy atom. The molecule has 0 aromatic rings. The zero-order valence-corrected chi connectivity index (χ0v) is 11.5. The molecular formula is C5H6F6N2O4S3. The van der Waals surface area contributed by atoms with Crippen molar-refractivity contribution in [3.8, 4) is 0 Å². The molecule has 120 valence electrons. The second-order valence-electron chi connectivity index (χ2n) is 2.86. The van der Waals surface area contributed by atoms with Crippen LogP contribution in [-0.2, 0) is 20.0 Å². The highest BCUT2D eigenvalue weighted by Gasteiger charge is 2.46. The summed E-state index contributed by atoms with van der Waals surface area (Å²) in [4.78, 5) is 3.06. The van der Waals surface area contributed by atoms with Gasteiger partial charge in [0, 0.05) is 0 Å². The van der Waals surface area contributed by atoms with E-state index in [1.54, 1.807) is 0 Å².